The number of halogens is 1. The molecule has 0 aliphatic carbocycles. The molecule has 0 bridgehead atoms. The van der Waals surface area contributed by atoms with Gasteiger partial charge in [0.25, 0.3) is 11.6 Å². The summed E-state index contributed by atoms with van der Waals surface area (Å²) < 4.78 is 19.5. The molecule has 8 heteroatoms. The van der Waals surface area contributed by atoms with E-state index < -0.39 is 17.8 Å². The molecule has 0 spiro atoms. The van der Waals surface area contributed by atoms with E-state index in [1.165, 1.54) is 19.2 Å². The molecule has 2 aromatic heterocycles. The van der Waals surface area contributed by atoms with Crippen molar-refractivity contribution in [1.82, 2.24) is 20.8 Å². The van der Waals surface area contributed by atoms with E-state index in [2.05, 4.69) is 20.8 Å². The van der Waals surface area contributed by atoms with Crippen LogP contribution in [0.4, 0.5) is 4.39 Å². The molecule has 3 rings (SSSR count). The molecular weight excluding hydrogens is 375 g/mol. The Morgan fingerprint density at radius 2 is 1.97 bits per heavy atom. The molecular formula is C21H23FN4O3. The smallest absolute Gasteiger partial charge is 0.259 e. The van der Waals surface area contributed by atoms with Crippen LogP contribution in [0.2, 0.25) is 0 Å². The van der Waals surface area contributed by atoms with Gasteiger partial charge < -0.3 is 15.2 Å². The van der Waals surface area contributed by atoms with Gasteiger partial charge >= 0.3 is 0 Å². The fraction of sp³-hybridized carbons (Fsp3) is 0.333. The van der Waals surface area contributed by atoms with Gasteiger partial charge in [0.1, 0.15) is 11.9 Å². The molecule has 2 amide bonds. The highest BCUT2D eigenvalue weighted by molar-refractivity contribution is 6.08. The Kier molecular flexibility index (Phi) is 5.91. The fourth-order valence-electron chi connectivity index (χ4n) is 3.19. The molecule has 0 aliphatic rings. The van der Waals surface area contributed by atoms with Gasteiger partial charge in [0.05, 0.1) is 22.3 Å². The van der Waals surface area contributed by atoms with E-state index in [4.69, 9.17) is 4.52 Å². The summed E-state index contributed by atoms with van der Waals surface area (Å²) in [6.07, 6.45) is 0.475. The average molecular weight is 398 g/mol. The van der Waals surface area contributed by atoms with Crippen molar-refractivity contribution in [2.45, 2.75) is 33.2 Å². The SMILES string of the molecule is CNC(=O)[C@@H](CC(C)C)NC(=O)c1cc(-c2ccccc2F)nc2onc(C)c12. The number of carbonyl (C=O) groups is 2. The summed E-state index contributed by atoms with van der Waals surface area (Å²) in [4.78, 5) is 29.6. The number of aryl methyl sites for hydroxylation is 1. The Hall–Kier alpha value is -3.29. The maximum Gasteiger partial charge on any atom is 0.259 e. The number of rotatable bonds is 6. The van der Waals surface area contributed by atoms with Gasteiger partial charge in [0.15, 0.2) is 0 Å². The maximum absolute atomic E-state index is 14.3. The molecule has 2 N–H and O–H groups in total. The van der Waals surface area contributed by atoms with Gasteiger partial charge in [-0.05, 0) is 37.5 Å². The molecule has 0 saturated heterocycles. The highest BCUT2D eigenvalue weighted by Crippen LogP contribution is 2.28. The predicted molar refractivity (Wildman–Crippen MR) is 107 cm³/mol. The number of aromatic nitrogens is 2. The lowest BCUT2D eigenvalue weighted by Crippen LogP contribution is -2.46. The van der Waals surface area contributed by atoms with Crippen molar-refractivity contribution in [3.63, 3.8) is 0 Å². The number of hydrogen-bond acceptors (Lipinski definition) is 5. The maximum atomic E-state index is 14.3. The summed E-state index contributed by atoms with van der Waals surface area (Å²) in [5.74, 6) is -1.03. The average Bonchev–Trinajstić information content (AvgIpc) is 3.07. The van der Waals surface area contributed by atoms with Crippen molar-refractivity contribution < 1.29 is 18.5 Å². The van der Waals surface area contributed by atoms with Gasteiger partial charge in [0.2, 0.25) is 5.91 Å². The quantitative estimate of drug-likeness (QED) is 0.664. The van der Waals surface area contributed by atoms with E-state index in [0.29, 0.717) is 17.5 Å². The number of pyridine rings is 1. The third kappa shape index (κ3) is 4.26. The summed E-state index contributed by atoms with van der Waals surface area (Å²) in [5.41, 5.74) is 1.33. The molecule has 0 aliphatic heterocycles. The number of benzene rings is 1. The Balaban J connectivity index is 2.07. The summed E-state index contributed by atoms with van der Waals surface area (Å²) in [7, 11) is 1.52. The highest BCUT2D eigenvalue weighted by Gasteiger charge is 2.25. The Morgan fingerprint density at radius 3 is 2.62 bits per heavy atom. The molecule has 0 unspecified atom stereocenters. The zero-order valence-corrected chi connectivity index (χ0v) is 16.7. The van der Waals surface area contributed by atoms with E-state index in [9.17, 15) is 14.0 Å². The third-order valence-corrected chi connectivity index (χ3v) is 4.59. The minimum absolute atomic E-state index is 0.133. The van der Waals surface area contributed by atoms with E-state index in [1.54, 1.807) is 25.1 Å². The van der Waals surface area contributed by atoms with Crippen molar-refractivity contribution in [1.29, 1.82) is 0 Å². The Morgan fingerprint density at radius 1 is 1.24 bits per heavy atom. The lowest BCUT2D eigenvalue weighted by atomic mass is 10.0. The zero-order chi connectivity index (χ0) is 21.1. The molecule has 0 saturated carbocycles. The molecule has 2 heterocycles. The first-order chi connectivity index (χ1) is 13.8. The molecule has 7 nitrogen and oxygen atoms in total. The van der Waals surface area contributed by atoms with Crippen LogP contribution in [-0.4, -0.2) is 35.0 Å². The largest absolute Gasteiger partial charge is 0.357 e. The molecule has 0 radical (unpaired) electrons. The number of nitrogens with one attached hydrogen (secondary N) is 2. The van der Waals surface area contributed by atoms with Crippen molar-refractivity contribution in [2.24, 2.45) is 5.92 Å². The fourth-order valence-corrected chi connectivity index (χ4v) is 3.19. The number of likely N-dealkylation sites (N-methyl/N-ethyl adjacent to an activating group) is 1. The number of hydrogen-bond donors (Lipinski definition) is 2. The van der Waals surface area contributed by atoms with Gasteiger partial charge in [0, 0.05) is 12.6 Å². The minimum Gasteiger partial charge on any atom is -0.357 e. The van der Waals surface area contributed by atoms with E-state index in [0.717, 1.165) is 0 Å². The van der Waals surface area contributed by atoms with Gasteiger partial charge in [-0.15, -0.1) is 0 Å². The van der Waals surface area contributed by atoms with Crippen LogP contribution in [0.25, 0.3) is 22.4 Å². The molecule has 29 heavy (non-hydrogen) atoms. The van der Waals surface area contributed by atoms with Crippen molar-refractivity contribution in [3.05, 3.63) is 47.4 Å². The molecule has 1 atom stereocenters. The van der Waals surface area contributed by atoms with Crippen LogP contribution in [0.3, 0.4) is 0 Å². The minimum atomic E-state index is -0.701. The zero-order valence-electron chi connectivity index (χ0n) is 16.7. The van der Waals surface area contributed by atoms with Crippen LogP contribution in [0, 0.1) is 18.7 Å². The topological polar surface area (TPSA) is 97.1 Å². The number of amides is 2. The molecule has 152 valence electrons. The molecule has 1 aromatic carbocycles. The van der Waals surface area contributed by atoms with Crippen LogP contribution in [0.15, 0.2) is 34.9 Å². The van der Waals surface area contributed by atoms with E-state index in [1.807, 2.05) is 13.8 Å². The van der Waals surface area contributed by atoms with Gasteiger partial charge in [-0.2, -0.15) is 0 Å². The van der Waals surface area contributed by atoms with E-state index >= 15 is 0 Å². The summed E-state index contributed by atoms with van der Waals surface area (Å²) in [5, 5.41) is 9.66. The summed E-state index contributed by atoms with van der Waals surface area (Å²) in [6.45, 7) is 5.62. The second kappa shape index (κ2) is 8.38. The lowest BCUT2D eigenvalue weighted by Gasteiger charge is -2.19. The Bertz CT molecular complexity index is 1060. The monoisotopic (exact) mass is 398 g/mol. The summed E-state index contributed by atoms with van der Waals surface area (Å²) >= 11 is 0. The first-order valence-electron chi connectivity index (χ1n) is 9.36. The predicted octanol–water partition coefficient (Wildman–Crippen LogP) is 3.23. The van der Waals surface area contributed by atoms with Gasteiger partial charge in [-0.25, -0.2) is 9.37 Å². The molecule has 3 aromatic rings. The second-order valence-electron chi connectivity index (χ2n) is 7.25. The Labute approximate surface area is 167 Å². The number of fused-ring (bicyclic) bond motifs is 1. The first-order valence-corrected chi connectivity index (χ1v) is 9.36. The van der Waals surface area contributed by atoms with Crippen molar-refractivity contribution in [3.8, 4) is 11.3 Å². The van der Waals surface area contributed by atoms with Crippen LogP contribution in [-0.2, 0) is 4.79 Å². The second-order valence-corrected chi connectivity index (χ2v) is 7.25. The number of nitrogens with zero attached hydrogens (tertiary/aromatic N) is 2. The standard InChI is InChI=1S/C21H23FN4O3/c1-11(2)9-17(20(28)23-4)24-19(27)14-10-16(13-7-5-6-8-15(13)22)25-21-18(14)12(3)26-29-21/h5-8,10-11,17H,9H2,1-4H3,(H,23,28)(H,24,27)/t17-/m1/s1. The third-order valence-electron chi connectivity index (χ3n) is 4.59. The molecule has 0 fully saturated rings. The van der Waals surface area contributed by atoms with Gasteiger partial charge in [-0.1, -0.05) is 31.1 Å². The van der Waals surface area contributed by atoms with Crippen molar-refractivity contribution in [2.75, 3.05) is 7.05 Å². The van der Waals surface area contributed by atoms with Crippen LogP contribution in [0.1, 0.15) is 36.3 Å². The summed E-state index contributed by atoms with van der Waals surface area (Å²) in [6, 6.07) is 6.94. The lowest BCUT2D eigenvalue weighted by molar-refractivity contribution is -0.122. The van der Waals surface area contributed by atoms with Crippen molar-refractivity contribution >= 4 is 22.9 Å². The van der Waals surface area contributed by atoms with Crippen LogP contribution in [0.5, 0.6) is 0 Å². The highest BCUT2D eigenvalue weighted by atomic mass is 19.1. The first kappa shape index (κ1) is 20.4. The van der Waals surface area contributed by atoms with Gasteiger partial charge in [-0.3, -0.25) is 9.59 Å². The number of carbonyl (C=O) groups excluding carboxylic acids is 2. The van der Waals surface area contributed by atoms with Crippen LogP contribution < -0.4 is 10.6 Å². The van der Waals surface area contributed by atoms with E-state index in [-0.39, 0.29) is 34.4 Å². The van der Waals surface area contributed by atoms with Crippen LogP contribution >= 0.6 is 0 Å². The normalized spacial score (nSPS) is 12.2.